The molecule has 0 saturated heterocycles. The van der Waals surface area contributed by atoms with Crippen LogP contribution in [0.4, 0.5) is 0 Å². The van der Waals surface area contributed by atoms with Crippen molar-refractivity contribution in [1.29, 1.82) is 0 Å². The third-order valence-electron chi connectivity index (χ3n) is 2.36. The first-order chi connectivity index (χ1) is 7.72. The third kappa shape index (κ3) is 3.02. The fourth-order valence-corrected chi connectivity index (χ4v) is 1.49. The summed E-state index contributed by atoms with van der Waals surface area (Å²) >= 11 is 0. The number of ether oxygens (including phenoxy) is 2. The Labute approximate surface area is 97.2 Å². The zero-order valence-electron chi connectivity index (χ0n) is 10.1. The summed E-state index contributed by atoms with van der Waals surface area (Å²) in [6.07, 6.45) is 2.91. The van der Waals surface area contributed by atoms with Crippen LogP contribution >= 0.6 is 0 Å². The second-order valence-corrected chi connectivity index (χ2v) is 3.69. The van der Waals surface area contributed by atoms with Crippen LogP contribution in [0.15, 0.2) is 12.1 Å². The van der Waals surface area contributed by atoms with Crippen molar-refractivity contribution in [1.82, 2.24) is 0 Å². The molecule has 0 saturated carbocycles. The van der Waals surface area contributed by atoms with Gasteiger partial charge in [-0.1, -0.05) is 19.4 Å². The van der Waals surface area contributed by atoms with Crippen LogP contribution in [0.25, 0.3) is 0 Å². The average molecular weight is 220 g/mol. The van der Waals surface area contributed by atoms with Crippen LogP contribution in [0.2, 0.25) is 0 Å². The van der Waals surface area contributed by atoms with E-state index in [0.717, 1.165) is 30.3 Å². The Morgan fingerprint density at radius 3 is 2.75 bits per heavy atom. The van der Waals surface area contributed by atoms with Crippen LogP contribution in [-0.2, 0) is 0 Å². The maximum Gasteiger partial charge on any atom is 0.160 e. The Kier molecular flexibility index (Phi) is 4.90. The molecular weight excluding hydrogens is 203 g/mol. The summed E-state index contributed by atoms with van der Waals surface area (Å²) in [5, 5.41) is 0. The lowest BCUT2D eigenvalue weighted by Gasteiger charge is -2.13. The van der Waals surface area contributed by atoms with E-state index in [0.29, 0.717) is 17.9 Å². The fourth-order valence-electron chi connectivity index (χ4n) is 1.49. The SMILES string of the molecule is Bc1cc(C=O)cc(OC)c1OCCCC. The smallest absolute Gasteiger partial charge is 0.160 e. The van der Waals surface area contributed by atoms with Gasteiger partial charge in [-0.3, -0.25) is 4.79 Å². The summed E-state index contributed by atoms with van der Waals surface area (Å²) in [4.78, 5) is 10.7. The first-order valence-electron chi connectivity index (χ1n) is 5.49. The van der Waals surface area contributed by atoms with E-state index in [-0.39, 0.29) is 0 Å². The molecule has 1 aromatic carbocycles. The zero-order valence-corrected chi connectivity index (χ0v) is 10.1. The van der Waals surface area contributed by atoms with Crippen LogP contribution < -0.4 is 14.9 Å². The van der Waals surface area contributed by atoms with Crippen molar-refractivity contribution in [2.75, 3.05) is 13.7 Å². The highest BCUT2D eigenvalue weighted by Crippen LogP contribution is 2.25. The van der Waals surface area contributed by atoms with E-state index < -0.39 is 0 Å². The van der Waals surface area contributed by atoms with Gasteiger partial charge in [0, 0.05) is 5.56 Å². The van der Waals surface area contributed by atoms with E-state index in [9.17, 15) is 4.79 Å². The molecule has 0 aliphatic carbocycles. The molecule has 0 fully saturated rings. The minimum Gasteiger partial charge on any atom is -0.493 e. The molecule has 0 unspecified atom stereocenters. The number of rotatable bonds is 6. The zero-order chi connectivity index (χ0) is 12.0. The summed E-state index contributed by atoms with van der Waals surface area (Å²) in [5.74, 6) is 1.36. The van der Waals surface area contributed by atoms with Gasteiger partial charge in [-0.25, -0.2) is 0 Å². The molecule has 0 spiro atoms. The maximum absolute atomic E-state index is 10.7. The van der Waals surface area contributed by atoms with Gasteiger partial charge >= 0.3 is 0 Å². The molecule has 4 heteroatoms. The van der Waals surface area contributed by atoms with Gasteiger partial charge in [0.15, 0.2) is 11.5 Å². The molecule has 1 aromatic rings. The molecule has 0 amide bonds. The molecule has 0 bridgehead atoms. The second-order valence-electron chi connectivity index (χ2n) is 3.69. The molecule has 0 N–H and O–H groups in total. The van der Waals surface area contributed by atoms with E-state index >= 15 is 0 Å². The van der Waals surface area contributed by atoms with Gasteiger partial charge < -0.3 is 9.47 Å². The largest absolute Gasteiger partial charge is 0.493 e. The summed E-state index contributed by atoms with van der Waals surface area (Å²) < 4.78 is 10.9. The summed E-state index contributed by atoms with van der Waals surface area (Å²) in [6.45, 7) is 2.79. The summed E-state index contributed by atoms with van der Waals surface area (Å²) in [5.41, 5.74) is 1.54. The lowest BCUT2D eigenvalue weighted by atomic mass is 9.92. The molecule has 0 aliphatic rings. The number of carbonyl (C=O) groups is 1. The predicted octanol–water partition coefficient (Wildman–Crippen LogP) is 0.945. The number of benzene rings is 1. The van der Waals surface area contributed by atoms with Gasteiger partial charge in [0.25, 0.3) is 0 Å². The van der Waals surface area contributed by atoms with Gasteiger partial charge in [0.05, 0.1) is 13.7 Å². The van der Waals surface area contributed by atoms with Crippen molar-refractivity contribution < 1.29 is 14.3 Å². The van der Waals surface area contributed by atoms with Crippen LogP contribution in [0.3, 0.4) is 0 Å². The van der Waals surface area contributed by atoms with E-state index in [1.807, 2.05) is 7.85 Å². The maximum atomic E-state index is 10.7. The normalized spacial score (nSPS) is 9.88. The van der Waals surface area contributed by atoms with Crippen molar-refractivity contribution in [3.05, 3.63) is 17.7 Å². The Hall–Kier alpha value is -1.45. The second kappa shape index (κ2) is 6.21. The molecule has 1 rings (SSSR count). The Morgan fingerprint density at radius 1 is 1.44 bits per heavy atom. The highest BCUT2D eigenvalue weighted by molar-refractivity contribution is 6.35. The minimum atomic E-state index is 0.609. The van der Waals surface area contributed by atoms with Crippen LogP contribution in [0.5, 0.6) is 11.5 Å². The van der Waals surface area contributed by atoms with E-state index in [4.69, 9.17) is 9.47 Å². The first kappa shape index (κ1) is 12.6. The number of carbonyl (C=O) groups excluding carboxylic acids is 1. The quantitative estimate of drug-likeness (QED) is 0.406. The Balaban J connectivity index is 2.92. The highest BCUT2D eigenvalue weighted by Gasteiger charge is 2.09. The van der Waals surface area contributed by atoms with Gasteiger partial charge in [0.1, 0.15) is 14.1 Å². The van der Waals surface area contributed by atoms with Crippen LogP contribution in [0, 0.1) is 0 Å². The minimum absolute atomic E-state index is 0.609. The van der Waals surface area contributed by atoms with Gasteiger partial charge in [-0.15, -0.1) is 0 Å². The third-order valence-corrected chi connectivity index (χ3v) is 2.36. The summed E-state index contributed by atoms with van der Waals surface area (Å²) in [7, 11) is 3.49. The molecular formula is C12H17BO3. The Bertz CT molecular complexity index is 364. The number of unbranched alkanes of at least 4 members (excludes halogenated alkanes) is 1. The highest BCUT2D eigenvalue weighted by atomic mass is 16.5. The number of hydrogen-bond donors (Lipinski definition) is 0. The monoisotopic (exact) mass is 220 g/mol. The van der Waals surface area contributed by atoms with Crippen molar-refractivity contribution in [2.24, 2.45) is 0 Å². The van der Waals surface area contributed by atoms with Crippen LogP contribution in [-0.4, -0.2) is 27.8 Å². The number of methoxy groups -OCH3 is 1. The first-order valence-corrected chi connectivity index (χ1v) is 5.49. The van der Waals surface area contributed by atoms with Gasteiger partial charge in [-0.2, -0.15) is 0 Å². The average Bonchev–Trinajstić information content (AvgIpc) is 2.30. The predicted molar refractivity (Wildman–Crippen MR) is 67.0 cm³/mol. The molecule has 0 aromatic heterocycles. The van der Waals surface area contributed by atoms with E-state index in [1.165, 1.54) is 0 Å². The molecule has 16 heavy (non-hydrogen) atoms. The summed E-state index contributed by atoms with van der Waals surface area (Å²) in [6, 6.07) is 3.50. The van der Waals surface area contributed by atoms with Crippen molar-refractivity contribution in [2.45, 2.75) is 19.8 Å². The van der Waals surface area contributed by atoms with Crippen LogP contribution in [0.1, 0.15) is 30.1 Å². The number of hydrogen-bond acceptors (Lipinski definition) is 3. The van der Waals surface area contributed by atoms with Crippen molar-refractivity contribution in [3.63, 3.8) is 0 Å². The van der Waals surface area contributed by atoms with Gasteiger partial charge in [-0.05, 0) is 17.9 Å². The van der Waals surface area contributed by atoms with E-state index in [2.05, 4.69) is 6.92 Å². The molecule has 0 heterocycles. The molecule has 0 aliphatic heterocycles. The standard InChI is InChI=1S/C12H17BO3/c1-3-4-5-16-12-10(13)6-9(8-14)7-11(12)15-2/h6-8H,3-5,13H2,1-2H3. The van der Waals surface area contributed by atoms with E-state index in [1.54, 1.807) is 19.2 Å². The molecule has 86 valence electrons. The van der Waals surface area contributed by atoms with Crippen molar-refractivity contribution >= 4 is 19.6 Å². The molecule has 0 radical (unpaired) electrons. The molecule has 0 atom stereocenters. The topological polar surface area (TPSA) is 35.5 Å². The van der Waals surface area contributed by atoms with Crippen molar-refractivity contribution in [3.8, 4) is 11.5 Å². The lowest BCUT2D eigenvalue weighted by molar-refractivity contribution is 0.112. The molecule has 3 nitrogen and oxygen atoms in total. The lowest BCUT2D eigenvalue weighted by Crippen LogP contribution is -2.13. The number of aldehydes is 1. The van der Waals surface area contributed by atoms with Gasteiger partial charge in [0.2, 0.25) is 0 Å². The fraction of sp³-hybridized carbons (Fsp3) is 0.417. The Morgan fingerprint density at radius 2 is 2.19 bits per heavy atom.